The second-order valence-corrected chi connectivity index (χ2v) is 8.23. The predicted molar refractivity (Wildman–Crippen MR) is 113 cm³/mol. The van der Waals surface area contributed by atoms with Crippen LogP contribution in [0.1, 0.15) is 23.2 Å². The van der Waals surface area contributed by atoms with Crippen molar-refractivity contribution in [1.82, 2.24) is 24.9 Å². The van der Waals surface area contributed by atoms with Crippen molar-refractivity contribution in [1.29, 1.82) is 0 Å². The summed E-state index contributed by atoms with van der Waals surface area (Å²) in [6.07, 6.45) is 5.59. The largest absolute Gasteiger partial charge is 0.473 e. The van der Waals surface area contributed by atoms with Gasteiger partial charge < -0.3 is 25.4 Å². The third-order valence-electron chi connectivity index (χ3n) is 6.06. The standard InChI is InChI=1S/C21H23N7O3/c1-22-17-7-16(25-15-3-2-6-23-21(15)31-11-4-5-11)26-19-12(8-24-28(17)19)20(29)27-18-13-9-30-10-14(13)18/h2-3,6-8,11,13-14,18,22H,4-5,9-10H2,1H3,(H,25,26)(H,27,29)/t13-,14?,18+/m0/s1. The van der Waals surface area contributed by atoms with E-state index in [4.69, 9.17) is 9.47 Å². The Balaban J connectivity index is 1.30. The number of nitrogens with zero attached hydrogens (tertiary/aromatic N) is 4. The fourth-order valence-electron chi connectivity index (χ4n) is 4.11. The molecule has 2 saturated carbocycles. The van der Waals surface area contributed by atoms with E-state index in [1.54, 1.807) is 24.0 Å². The van der Waals surface area contributed by atoms with Crippen molar-refractivity contribution in [2.24, 2.45) is 11.8 Å². The minimum absolute atomic E-state index is 0.166. The lowest BCUT2D eigenvalue weighted by Gasteiger charge is -2.13. The van der Waals surface area contributed by atoms with Gasteiger partial charge >= 0.3 is 0 Å². The van der Waals surface area contributed by atoms with Crippen LogP contribution in [0.15, 0.2) is 30.6 Å². The fourth-order valence-corrected chi connectivity index (χ4v) is 4.11. The van der Waals surface area contributed by atoms with Gasteiger partial charge in [0.1, 0.15) is 29.0 Å². The van der Waals surface area contributed by atoms with Gasteiger partial charge in [0.2, 0.25) is 5.88 Å². The number of nitrogens with one attached hydrogen (secondary N) is 3. The lowest BCUT2D eigenvalue weighted by atomic mass is 10.3. The molecule has 3 atom stereocenters. The van der Waals surface area contributed by atoms with E-state index in [1.165, 1.54) is 0 Å². The quantitative estimate of drug-likeness (QED) is 0.529. The molecule has 3 aliphatic rings. The highest BCUT2D eigenvalue weighted by atomic mass is 16.5. The van der Waals surface area contributed by atoms with Crippen molar-refractivity contribution < 1.29 is 14.3 Å². The van der Waals surface area contributed by atoms with Crippen LogP contribution in [0.5, 0.6) is 5.88 Å². The average Bonchev–Trinajstić information content (AvgIpc) is 3.58. The molecule has 3 aromatic rings. The Morgan fingerprint density at radius 3 is 2.90 bits per heavy atom. The molecule has 1 saturated heterocycles. The number of carbonyl (C=O) groups is 1. The van der Waals surface area contributed by atoms with Gasteiger partial charge in [0.15, 0.2) is 5.65 Å². The molecule has 3 aromatic heterocycles. The molecular weight excluding hydrogens is 398 g/mol. The molecule has 3 N–H and O–H groups in total. The highest BCUT2D eigenvalue weighted by Gasteiger charge is 2.54. The molecule has 4 heterocycles. The van der Waals surface area contributed by atoms with Crippen LogP contribution in [0.2, 0.25) is 0 Å². The van der Waals surface area contributed by atoms with Gasteiger partial charge in [-0.05, 0) is 25.0 Å². The van der Waals surface area contributed by atoms with Gasteiger partial charge in [0.25, 0.3) is 5.91 Å². The molecule has 1 amide bonds. The molecule has 0 bridgehead atoms. The Morgan fingerprint density at radius 2 is 2.13 bits per heavy atom. The van der Waals surface area contributed by atoms with Gasteiger partial charge in [0, 0.05) is 37.2 Å². The molecule has 0 spiro atoms. The van der Waals surface area contributed by atoms with Gasteiger partial charge in [0.05, 0.1) is 19.4 Å². The van der Waals surface area contributed by atoms with Crippen LogP contribution < -0.4 is 20.7 Å². The molecule has 10 heteroatoms. The van der Waals surface area contributed by atoms with Crippen LogP contribution in [-0.2, 0) is 4.74 Å². The summed E-state index contributed by atoms with van der Waals surface area (Å²) in [6.45, 7) is 1.44. The summed E-state index contributed by atoms with van der Waals surface area (Å²) in [5.74, 6) is 2.51. The number of hydrogen-bond acceptors (Lipinski definition) is 8. The van der Waals surface area contributed by atoms with Gasteiger partial charge in [-0.1, -0.05) is 0 Å². The van der Waals surface area contributed by atoms with Crippen LogP contribution in [0.25, 0.3) is 5.65 Å². The number of anilines is 3. The third-order valence-corrected chi connectivity index (χ3v) is 6.06. The SMILES string of the molecule is CNc1cc(Nc2cccnc2OC2CC2)nc2c(C(=O)N[C@H]3C4COC[C@@H]43)cnn12. The highest BCUT2D eigenvalue weighted by Crippen LogP contribution is 2.44. The van der Waals surface area contributed by atoms with Crippen molar-refractivity contribution >= 4 is 28.9 Å². The van der Waals surface area contributed by atoms with E-state index < -0.39 is 0 Å². The summed E-state index contributed by atoms with van der Waals surface area (Å²) in [6, 6.07) is 5.75. The number of aromatic nitrogens is 4. The van der Waals surface area contributed by atoms with Gasteiger partial charge in [-0.25, -0.2) is 9.97 Å². The number of ether oxygens (including phenoxy) is 2. The first-order valence-electron chi connectivity index (χ1n) is 10.5. The molecule has 31 heavy (non-hydrogen) atoms. The molecule has 0 aromatic carbocycles. The first kappa shape index (κ1) is 18.4. The van der Waals surface area contributed by atoms with Crippen molar-refractivity contribution in [2.45, 2.75) is 25.0 Å². The smallest absolute Gasteiger partial charge is 0.257 e. The van der Waals surface area contributed by atoms with E-state index in [9.17, 15) is 4.79 Å². The van der Waals surface area contributed by atoms with Crippen LogP contribution in [0.3, 0.4) is 0 Å². The lowest BCUT2D eigenvalue weighted by Crippen LogP contribution is -2.29. The van der Waals surface area contributed by atoms with Crippen molar-refractivity contribution in [3.63, 3.8) is 0 Å². The van der Waals surface area contributed by atoms with Gasteiger partial charge in [-0.2, -0.15) is 9.61 Å². The van der Waals surface area contributed by atoms with E-state index in [-0.39, 0.29) is 18.1 Å². The summed E-state index contributed by atoms with van der Waals surface area (Å²) in [4.78, 5) is 22.0. The number of rotatable bonds is 7. The van der Waals surface area contributed by atoms with Crippen LogP contribution in [-0.4, -0.2) is 57.9 Å². The second-order valence-electron chi connectivity index (χ2n) is 8.23. The second kappa shape index (κ2) is 7.09. The number of hydrogen-bond donors (Lipinski definition) is 3. The number of fused-ring (bicyclic) bond motifs is 2. The van der Waals surface area contributed by atoms with E-state index in [1.807, 2.05) is 18.2 Å². The first-order chi connectivity index (χ1) is 15.2. The highest BCUT2D eigenvalue weighted by molar-refractivity contribution is 6.00. The Bertz CT molecular complexity index is 1150. The minimum Gasteiger partial charge on any atom is -0.473 e. The van der Waals surface area contributed by atoms with E-state index in [0.29, 0.717) is 40.6 Å². The Kier molecular flexibility index (Phi) is 4.20. The number of amides is 1. The van der Waals surface area contributed by atoms with E-state index in [2.05, 4.69) is 31.0 Å². The normalized spacial score (nSPS) is 24.0. The summed E-state index contributed by atoms with van der Waals surface area (Å²) in [5, 5.41) is 13.9. The molecule has 3 fully saturated rings. The zero-order valence-electron chi connectivity index (χ0n) is 17.0. The third kappa shape index (κ3) is 3.32. The maximum atomic E-state index is 12.9. The maximum absolute atomic E-state index is 12.9. The minimum atomic E-state index is -0.166. The molecule has 6 rings (SSSR count). The van der Waals surface area contributed by atoms with Crippen LogP contribution in [0.4, 0.5) is 17.3 Å². The lowest BCUT2D eigenvalue weighted by molar-refractivity contribution is 0.0930. The van der Waals surface area contributed by atoms with Crippen LogP contribution in [0, 0.1) is 11.8 Å². The summed E-state index contributed by atoms with van der Waals surface area (Å²) < 4.78 is 12.9. The predicted octanol–water partition coefficient (Wildman–Crippen LogP) is 1.83. The first-order valence-corrected chi connectivity index (χ1v) is 10.5. The molecular formula is C21H23N7O3. The van der Waals surface area contributed by atoms with Crippen molar-refractivity contribution in [2.75, 3.05) is 30.9 Å². The fraction of sp³-hybridized carbons (Fsp3) is 0.429. The summed E-state index contributed by atoms with van der Waals surface area (Å²) in [5.41, 5.74) is 1.64. The molecule has 1 aliphatic heterocycles. The van der Waals surface area contributed by atoms with Crippen molar-refractivity contribution in [3.8, 4) is 5.88 Å². The molecule has 2 aliphatic carbocycles. The Hall–Kier alpha value is -3.40. The van der Waals surface area contributed by atoms with E-state index >= 15 is 0 Å². The van der Waals surface area contributed by atoms with Gasteiger partial charge in [-0.3, -0.25) is 4.79 Å². The summed E-state index contributed by atoms with van der Waals surface area (Å²) >= 11 is 0. The Labute approximate surface area is 178 Å². The number of pyridine rings is 1. The van der Waals surface area contributed by atoms with Crippen molar-refractivity contribution in [3.05, 3.63) is 36.2 Å². The maximum Gasteiger partial charge on any atom is 0.257 e. The van der Waals surface area contributed by atoms with Gasteiger partial charge in [-0.15, -0.1) is 0 Å². The molecule has 160 valence electrons. The average molecular weight is 421 g/mol. The number of carbonyl (C=O) groups excluding carboxylic acids is 1. The monoisotopic (exact) mass is 421 g/mol. The Morgan fingerprint density at radius 1 is 1.29 bits per heavy atom. The van der Waals surface area contributed by atoms with E-state index in [0.717, 1.165) is 31.7 Å². The molecule has 0 radical (unpaired) electrons. The topological polar surface area (TPSA) is 115 Å². The zero-order valence-corrected chi connectivity index (χ0v) is 17.0. The molecule has 1 unspecified atom stereocenters. The zero-order chi connectivity index (χ0) is 20.9. The molecule has 10 nitrogen and oxygen atoms in total. The van der Waals surface area contributed by atoms with Crippen LogP contribution >= 0.6 is 0 Å². The summed E-state index contributed by atoms with van der Waals surface area (Å²) in [7, 11) is 1.80.